The number of unbranched alkanes of at least 4 members (excludes halogenated alkanes) is 1. The van der Waals surface area contributed by atoms with Gasteiger partial charge in [-0.1, -0.05) is 51.2 Å². The normalized spacial score (nSPS) is 34.4. The van der Waals surface area contributed by atoms with E-state index in [9.17, 15) is 0 Å². The molecule has 0 radical (unpaired) electrons. The number of hydrogen-bond donors (Lipinski definition) is 0. The summed E-state index contributed by atoms with van der Waals surface area (Å²) in [5.41, 5.74) is 0. The first-order valence-corrected chi connectivity index (χ1v) is 9.56. The Labute approximate surface area is 132 Å². The molecule has 0 aliphatic heterocycles. The molecule has 1 nitrogen and oxygen atoms in total. The van der Waals surface area contributed by atoms with Gasteiger partial charge in [-0.25, -0.2) is 0 Å². The van der Waals surface area contributed by atoms with E-state index in [0.717, 1.165) is 24.4 Å². The first-order chi connectivity index (χ1) is 10.3. The van der Waals surface area contributed by atoms with Crippen LogP contribution in [-0.4, -0.2) is 12.7 Å². The minimum atomic E-state index is 0.540. The number of ether oxygens (including phenoxy) is 1. The van der Waals surface area contributed by atoms with E-state index in [-0.39, 0.29) is 0 Å². The molecule has 2 aliphatic carbocycles. The molecule has 0 N–H and O–H groups in total. The first kappa shape index (κ1) is 17.1. The minimum Gasteiger partial charge on any atom is -0.374 e. The Morgan fingerprint density at radius 3 is 2.10 bits per heavy atom. The van der Waals surface area contributed by atoms with Crippen LogP contribution in [0.2, 0.25) is 0 Å². The lowest BCUT2D eigenvalue weighted by atomic mass is 9.70. The summed E-state index contributed by atoms with van der Waals surface area (Å²) in [5.74, 6) is 3.11. The summed E-state index contributed by atoms with van der Waals surface area (Å²) >= 11 is 0. The molecule has 0 aromatic carbocycles. The Bertz CT molecular complexity index is 280. The first-order valence-electron chi connectivity index (χ1n) is 9.56. The highest BCUT2D eigenvalue weighted by molar-refractivity contribution is 4.83. The topological polar surface area (TPSA) is 9.23 Å². The molecule has 21 heavy (non-hydrogen) atoms. The lowest BCUT2D eigenvalue weighted by Gasteiger charge is -2.37. The molecular formula is C20H36O. The summed E-state index contributed by atoms with van der Waals surface area (Å²) in [6.45, 7) is 5.20. The van der Waals surface area contributed by atoms with E-state index in [1.54, 1.807) is 0 Å². The summed E-state index contributed by atoms with van der Waals surface area (Å²) in [7, 11) is 0. The van der Waals surface area contributed by atoms with Gasteiger partial charge >= 0.3 is 0 Å². The van der Waals surface area contributed by atoms with Crippen LogP contribution in [-0.2, 0) is 4.74 Å². The molecule has 0 bridgehead atoms. The third-order valence-electron chi connectivity index (χ3n) is 5.91. The van der Waals surface area contributed by atoms with Crippen LogP contribution in [0.1, 0.15) is 84.5 Å². The van der Waals surface area contributed by atoms with Crippen LogP contribution in [0.4, 0.5) is 0 Å². The molecule has 2 fully saturated rings. The summed E-state index contributed by atoms with van der Waals surface area (Å²) < 4.78 is 5.93. The lowest BCUT2D eigenvalue weighted by molar-refractivity contribution is 0.0209. The predicted molar refractivity (Wildman–Crippen MR) is 91.5 cm³/mol. The Hall–Kier alpha value is -0.300. The standard InChI is InChI=1S/C20H36O/c1-3-5-7-17-8-10-18(11-9-17)19-12-14-20(15-13-19)21-16-6-4-2/h4,6,17-20H,3,5,7-16H2,1-2H3. The fourth-order valence-electron chi connectivity index (χ4n) is 4.46. The maximum Gasteiger partial charge on any atom is 0.0651 e. The van der Waals surface area contributed by atoms with Crippen molar-refractivity contribution in [1.82, 2.24) is 0 Å². The van der Waals surface area contributed by atoms with Gasteiger partial charge in [0.05, 0.1) is 12.7 Å². The van der Waals surface area contributed by atoms with Crippen molar-refractivity contribution in [3.63, 3.8) is 0 Å². The molecule has 0 saturated heterocycles. The van der Waals surface area contributed by atoms with Crippen LogP contribution in [0.5, 0.6) is 0 Å². The average Bonchev–Trinajstić information content (AvgIpc) is 2.54. The predicted octanol–water partition coefficient (Wildman–Crippen LogP) is 6.13. The molecule has 0 aromatic rings. The number of hydrogen-bond acceptors (Lipinski definition) is 1. The largest absolute Gasteiger partial charge is 0.374 e. The molecule has 0 heterocycles. The third-order valence-corrected chi connectivity index (χ3v) is 5.91. The fourth-order valence-corrected chi connectivity index (χ4v) is 4.46. The van der Waals surface area contributed by atoms with Crippen molar-refractivity contribution in [2.24, 2.45) is 17.8 Å². The van der Waals surface area contributed by atoms with E-state index in [0.29, 0.717) is 6.10 Å². The van der Waals surface area contributed by atoms with Crippen molar-refractivity contribution in [2.75, 3.05) is 6.61 Å². The molecule has 0 unspecified atom stereocenters. The van der Waals surface area contributed by atoms with Crippen LogP contribution < -0.4 is 0 Å². The van der Waals surface area contributed by atoms with E-state index < -0.39 is 0 Å². The molecule has 122 valence electrons. The Morgan fingerprint density at radius 2 is 1.52 bits per heavy atom. The summed E-state index contributed by atoms with van der Waals surface area (Å²) in [5, 5.41) is 0. The Balaban J connectivity index is 1.62. The van der Waals surface area contributed by atoms with Crippen LogP contribution >= 0.6 is 0 Å². The smallest absolute Gasteiger partial charge is 0.0651 e. The van der Waals surface area contributed by atoms with Gasteiger partial charge in [-0.05, 0) is 63.2 Å². The molecule has 2 rings (SSSR count). The molecule has 0 aromatic heterocycles. The van der Waals surface area contributed by atoms with Crippen molar-refractivity contribution >= 4 is 0 Å². The van der Waals surface area contributed by atoms with Gasteiger partial charge in [-0.3, -0.25) is 0 Å². The molecule has 0 amide bonds. The average molecular weight is 293 g/mol. The van der Waals surface area contributed by atoms with Gasteiger partial charge in [0.1, 0.15) is 0 Å². The second kappa shape index (κ2) is 9.66. The Morgan fingerprint density at radius 1 is 0.905 bits per heavy atom. The second-order valence-corrected chi connectivity index (χ2v) is 7.36. The molecule has 1 heteroatoms. The molecular weight excluding hydrogens is 256 g/mol. The van der Waals surface area contributed by atoms with E-state index >= 15 is 0 Å². The number of rotatable bonds is 7. The molecule has 2 aliphatic rings. The number of allylic oxidation sites excluding steroid dienone is 1. The second-order valence-electron chi connectivity index (χ2n) is 7.36. The SMILES string of the molecule is CC=CCOC1CCC(C2CCC(CCCC)CC2)CC1. The Kier molecular flexibility index (Phi) is 7.85. The van der Waals surface area contributed by atoms with Crippen LogP contribution in [0.15, 0.2) is 12.2 Å². The summed E-state index contributed by atoms with van der Waals surface area (Å²) in [6.07, 6.45) is 20.6. The van der Waals surface area contributed by atoms with E-state index in [1.807, 2.05) is 0 Å². The van der Waals surface area contributed by atoms with Gasteiger partial charge in [-0.15, -0.1) is 0 Å². The van der Waals surface area contributed by atoms with Gasteiger partial charge in [0, 0.05) is 0 Å². The van der Waals surface area contributed by atoms with Crippen molar-refractivity contribution in [3.8, 4) is 0 Å². The van der Waals surface area contributed by atoms with Crippen LogP contribution in [0.3, 0.4) is 0 Å². The van der Waals surface area contributed by atoms with Gasteiger partial charge in [0.15, 0.2) is 0 Å². The zero-order valence-electron chi connectivity index (χ0n) is 14.4. The third kappa shape index (κ3) is 5.77. The molecule has 2 saturated carbocycles. The highest BCUT2D eigenvalue weighted by atomic mass is 16.5. The van der Waals surface area contributed by atoms with E-state index in [4.69, 9.17) is 4.74 Å². The van der Waals surface area contributed by atoms with Gasteiger partial charge < -0.3 is 4.74 Å². The minimum absolute atomic E-state index is 0.540. The van der Waals surface area contributed by atoms with Crippen molar-refractivity contribution in [3.05, 3.63) is 12.2 Å². The highest BCUT2D eigenvalue weighted by Crippen LogP contribution is 2.41. The maximum absolute atomic E-state index is 5.93. The van der Waals surface area contributed by atoms with E-state index in [1.165, 1.54) is 70.6 Å². The lowest BCUT2D eigenvalue weighted by Crippen LogP contribution is -2.28. The van der Waals surface area contributed by atoms with Gasteiger partial charge in [0.2, 0.25) is 0 Å². The summed E-state index contributed by atoms with van der Waals surface area (Å²) in [6, 6.07) is 0. The summed E-state index contributed by atoms with van der Waals surface area (Å²) in [4.78, 5) is 0. The van der Waals surface area contributed by atoms with Crippen molar-refractivity contribution in [1.29, 1.82) is 0 Å². The van der Waals surface area contributed by atoms with Crippen molar-refractivity contribution in [2.45, 2.75) is 90.6 Å². The van der Waals surface area contributed by atoms with Gasteiger partial charge in [0.25, 0.3) is 0 Å². The molecule has 0 atom stereocenters. The highest BCUT2D eigenvalue weighted by Gasteiger charge is 2.30. The zero-order chi connectivity index (χ0) is 14.9. The van der Waals surface area contributed by atoms with Crippen LogP contribution in [0, 0.1) is 17.8 Å². The van der Waals surface area contributed by atoms with Gasteiger partial charge in [-0.2, -0.15) is 0 Å². The zero-order valence-corrected chi connectivity index (χ0v) is 14.4. The van der Waals surface area contributed by atoms with Crippen LogP contribution in [0.25, 0.3) is 0 Å². The van der Waals surface area contributed by atoms with E-state index in [2.05, 4.69) is 26.0 Å². The van der Waals surface area contributed by atoms with Crippen molar-refractivity contribution < 1.29 is 4.74 Å². The molecule has 0 spiro atoms. The quantitative estimate of drug-likeness (QED) is 0.512. The monoisotopic (exact) mass is 292 g/mol. The fraction of sp³-hybridized carbons (Fsp3) is 0.900. The maximum atomic E-state index is 5.93.